The first-order valence-corrected chi connectivity index (χ1v) is 11.3. The molecule has 0 saturated carbocycles. The Bertz CT molecular complexity index is 871. The Morgan fingerprint density at radius 1 is 1.00 bits per heavy atom. The van der Waals surface area contributed by atoms with Crippen molar-refractivity contribution in [2.75, 3.05) is 19.3 Å². The molecular formula is C19H20INO4S. The van der Waals surface area contributed by atoms with Crippen molar-refractivity contribution in [3.63, 3.8) is 0 Å². The molecule has 26 heavy (non-hydrogen) atoms. The molecule has 0 aromatic heterocycles. The van der Waals surface area contributed by atoms with E-state index in [0.717, 1.165) is 11.1 Å². The fourth-order valence-corrected chi connectivity index (χ4v) is 4.21. The first kappa shape index (κ1) is 19.3. The molecule has 3 rings (SSSR count). The highest BCUT2D eigenvalue weighted by Gasteiger charge is 2.30. The third-order valence-corrected chi connectivity index (χ3v) is 6.53. The second-order valence-electron chi connectivity index (χ2n) is 6.39. The van der Waals surface area contributed by atoms with E-state index in [4.69, 9.17) is 4.74 Å². The molecular weight excluding hydrogens is 465 g/mol. The summed E-state index contributed by atoms with van der Waals surface area (Å²) in [6.45, 7) is 0.731. The van der Waals surface area contributed by atoms with Crippen molar-refractivity contribution in [2.24, 2.45) is 5.92 Å². The summed E-state index contributed by atoms with van der Waals surface area (Å²) >= 11 is 2.27. The van der Waals surface area contributed by atoms with E-state index in [1.165, 1.54) is 14.1 Å². The lowest BCUT2D eigenvalue weighted by Gasteiger charge is -2.28. The minimum atomic E-state index is -3.19. The third kappa shape index (κ3) is 4.83. The van der Waals surface area contributed by atoms with Crippen molar-refractivity contribution in [3.8, 4) is 16.9 Å². The van der Waals surface area contributed by atoms with Crippen molar-refractivity contribution < 1.29 is 17.9 Å². The van der Waals surface area contributed by atoms with E-state index in [-0.39, 0.29) is 11.9 Å². The molecule has 2 aromatic rings. The summed E-state index contributed by atoms with van der Waals surface area (Å²) in [5.74, 6) is -0.0427. The summed E-state index contributed by atoms with van der Waals surface area (Å²) in [5, 5.41) is 0. The van der Waals surface area contributed by atoms with Gasteiger partial charge in [0.25, 0.3) is 0 Å². The fraction of sp³-hybridized carbons (Fsp3) is 0.316. The van der Waals surface area contributed by atoms with Crippen LogP contribution in [0.1, 0.15) is 12.8 Å². The zero-order chi connectivity index (χ0) is 18.7. The van der Waals surface area contributed by atoms with Gasteiger partial charge < -0.3 is 4.74 Å². The number of rotatable bonds is 4. The van der Waals surface area contributed by atoms with Gasteiger partial charge in [-0.25, -0.2) is 12.7 Å². The van der Waals surface area contributed by atoms with Crippen LogP contribution in [-0.4, -0.2) is 38.0 Å². The molecule has 0 amide bonds. The largest absolute Gasteiger partial charge is 0.426 e. The molecule has 1 aliphatic rings. The Morgan fingerprint density at radius 3 is 2.00 bits per heavy atom. The average Bonchev–Trinajstić information content (AvgIpc) is 2.62. The van der Waals surface area contributed by atoms with Crippen LogP contribution in [0.15, 0.2) is 48.5 Å². The minimum absolute atomic E-state index is 0.260. The molecule has 0 radical (unpaired) electrons. The van der Waals surface area contributed by atoms with Crippen LogP contribution < -0.4 is 4.74 Å². The van der Waals surface area contributed by atoms with E-state index in [9.17, 15) is 13.2 Å². The summed E-state index contributed by atoms with van der Waals surface area (Å²) in [6, 6.07) is 15.6. The molecule has 138 valence electrons. The number of carbonyl (C=O) groups excluding carboxylic acids is 1. The van der Waals surface area contributed by atoms with Gasteiger partial charge in [-0.3, -0.25) is 4.79 Å². The number of hydrogen-bond donors (Lipinski definition) is 0. The predicted molar refractivity (Wildman–Crippen MR) is 109 cm³/mol. The summed E-state index contributed by atoms with van der Waals surface area (Å²) in [5.41, 5.74) is 2.17. The van der Waals surface area contributed by atoms with E-state index in [2.05, 4.69) is 34.7 Å². The second-order valence-corrected chi connectivity index (χ2v) is 9.62. The van der Waals surface area contributed by atoms with Crippen LogP contribution in [0.5, 0.6) is 5.75 Å². The molecule has 0 N–H and O–H groups in total. The Morgan fingerprint density at radius 2 is 1.50 bits per heavy atom. The van der Waals surface area contributed by atoms with Gasteiger partial charge in [0.2, 0.25) is 10.0 Å². The number of carbonyl (C=O) groups is 1. The van der Waals surface area contributed by atoms with Crippen molar-refractivity contribution >= 4 is 38.6 Å². The Balaban J connectivity index is 1.59. The number of hydrogen-bond acceptors (Lipinski definition) is 4. The Labute approximate surface area is 167 Å². The lowest BCUT2D eigenvalue weighted by molar-refractivity contribution is -0.140. The Hall–Kier alpha value is -1.45. The van der Waals surface area contributed by atoms with Crippen LogP contribution in [0.3, 0.4) is 0 Å². The van der Waals surface area contributed by atoms with Gasteiger partial charge in [-0.15, -0.1) is 0 Å². The van der Waals surface area contributed by atoms with Crippen LogP contribution in [0.4, 0.5) is 0 Å². The average molecular weight is 485 g/mol. The molecule has 1 aliphatic heterocycles. The van der Waals surface area contributed by atoms with Gasteiger partial charge in [-0.1, -0.05) is 24.3 Å². The fourth-order valence-electron chi connectivity index (χ4n) is 2.98. The van der Waals surface area contributed by atoms with E-state index < -0.39 is 10.0 Å². The van der Waals surface area contributed by atoms with Crippen LogP contribution in [0.25, 0.3) is 11.1 Å². The zero-order valence-electron chi connectivity index (χ0n) is 14.4. The molecule has 1 heterocycles. The molecule has 1 saturated heterocycles. The molecule has 0 aliphatic carbocycles. The minimum Gasteiger partial charge on any atom is -0.426 e. The maximum atomic E-state index is 12.3. The monoisotopic (exact) mass is 485 g/mol. The molecule has 0 bridgehead atoms. The highest BCUT2D eigenvalue weighted by molar-refractivity contribution is 14.1. The number of halogens is 1. The van der Waals surface area contributed by atoms with Gasteiger partial charge >= 0.3 is 5.97 Å². The molecule has 0 atom stereocenters. The second kappa shape index (κ2) is 8.06. The standard InChI is InChI=1S/C19H20INO4S/c1-26(23,24)21-12-10-16(11-13-21)19(22)25-18-8-4-15(5-9-18)14-2-6-17(20)7-3-14/h2-9,16H,10-13H2,1H3. The number of piperidine rings is 1. The molecule has 7 heteroatoms. The van der Waals surface area contributed by atoms with Gasteiger partial charge in [0.05, 0.1) is 12.2 Å². The van der Waals surface area contributed by atoms with E-state index in [1.54, 1.807) is 12.1 Å². The number of ether oxygens (including phenoxy) is 1. The summed E-state index contributed by atoms with van der Waals surface area (Å²) in [7, 11) is -3.19. The van der Waals surface area contributed by atoms with Crippen molar-refractivity contribution in [2.45, 2.75) is 12.8 Å². The van der Waals surface area contributed by atoms with Crippen molar-refractivity contribution in [3.05, 3.63) is 52.1 Å². The van der Waals surface area contributed by atoms with Crippen LogP contribution in [0.2, 0.25) is 0 Å². The summed E-state index contributed by atoms with van der Waals surface area (Å²) < 4.78 is 31.1. The van der Waals surface area contributed by atoms with Gasteiger partial charge in [-0.2, -0.15) is 0 Å². The SMILES string of the molecule is CS(=O)(=O)N1CCC(C(=O)Oc2ccc(-c3ccc(I)cc3)cc2)CC1. The van der Waals surface area contributed by atoms with E-state index in [1.807, 2.05) is 24.3 Å². The van der Waals surface area contributed by atoms with Crippen LogP contribution in [-0.2, 0) is 14.8 Å². The van der Waals surface area contributed by atoms with Gasteiger partial charge in [0, 0.05) is 16.7 Å². The quantitative estimate of drug-likeness (QED) is 0.378. The highest BCUT2D eigenvalue weighted by Crippen LogP contribution is 2.25. The van der Waals surface area contributed by atoms with E-state index in [0.29, 0.717) is 31.7 Å². The molecule has 5 nitrogen and oxygen atoms in total. The smallest absolute Gasteiger partial charge is 0.314 e. The van der Waals surface area contributed by atoms with Crippen molar-refractivity contribution in [1.29, 1.82) is 0 Å². The van der Waals surface area contributed by atoms with Gasteiger partial charge in [0.1, 0.15) is 5.75 Å². The van der Waals surface area contributed by atoms with E-state index >= 15 is 0 Å². The maximum Gasteiger partial charge on any atom is 0.314 e. The number of benzene rings is 2. The maximum absolute atomic E-state index is 12.3. The normalized spacial score (nSPS) is 16.4. The first-order valence-electron chi connectivity index (χ1n) is 8.36. The topological polar surface area (TPSA) is 63.7 Å². The predicted octanol–water partition coefficient (Wildman–Crippen LogP) is 3.54. The highest BCUT2D eigenvalue weighted by atomic mass is 127. The number of sulfonamides is 1. The number of nitrogens with zero attached hydrogens (tertiary/aromatic N) is 1. The molecule has 2 aromatic carbocycles. The van der Waals surface area contributed by atoms with Gasteiger partial charge in [-0.05, 0) is 70.8 Å². The van der Waals surface area contributed by atoms with Crippen molar-refractivity contribution in [1.82, 2.24) is 4.31 Å². The first-order chi connectivity index (χ1) is 12.3. The number of esters is 1. The Kier molecular flexibility index (Phi) is 5.99. The van der Waals surface area contributed by atoms with Gasteiger partial charge in [0.15, 0.2) is 0 Å². The summed E-state index contributed by atoms with van der Waals surface area (Å²) in [4.78, 5) is 12.3. The molecule has 1 fully saturated rings. The lowest BCUT2D eigenvalue weighted by Crippen LogP contribution is -2.40. The van der Waals surface area contributed by atoms with Crippen LogP contribution in [0, 0.1) is 9.49 Å². The summed E-state index contributed by atoms with van der Waals surface area (Å²) in [6.07, 6.45) is 2.18. The molecule has 0 unspecified atom stereocenters. The lowest BCUT2D eigenvalue weighted by atomic mass is 9.98. The third-order valence-electron chi connectivity index (χ3n) is 4.51. The zero-order valence-corrected chi connectivity index (χ0v) is 17.4. The molecule has 0 spiro atoms. The van der Waals surface area contributed by atoms with Crippen LogP contribution >= 0.6 is 22.6 Å².